The van der Waals surface area contributed by atoms with Gasteiger partial charge in [0.25, 0.3) is 0 Å². The van der Waals surface area contributed by atoms with Crippen molar-refractivity contribution in [1.82, 2.24) is 0 Å². The van der Waals surface area contributed by atoms with E-state index in [4.69, 9.17) is 0 Å². The number of nitrogens with zero attached hydrogens (tertiary/aromatic N) is 1. The van der Waals surface area contributed by atoms with Gasteiger partial charge in [0, 0.05) is 10.9 Å². The van der Waals surface area contributed by atoms with E-state index in [9.17, 15) is 9.90 Å². The molecule has 0 aliphatic carbocycles. The Bertz CT molecular complexity index is 591. The summed E-state index contributed by atoms with van der Waals surface area (Å²) in [4.78, 5) is 14.8. The fraction of sp³-hybridized carbons (Fsp3) is 0.312. The minimum absolute atomic E-state index is 0.234. The van der Waals surface area contributed by atoms with Gasteiger partial charge in [-0.3, -0.25) is 0 Å². The summed E-state index contributed by atoms with van der Waals surface area (Å²) in [5, 5.41) is 11.5. The van der Waals surface area contributed by atoms with Crippen molar-refractivity contribution < 1.29 is 9.90 Å². The number of aryl methyl sites for hydroxylation is 1. The van der Waals surface area contributed by atoms with Crippen LogP contribution in [0.2, 0.25) is 0 Å². The van der Waals surface area contributed by atoms with Crippen molar-refractivity contribution in [2.24, 2.45) is 0 Å². The fourth-order valence-corrected chi connectivity index (χ4v) is 2.89. The van der Waals surface area contributed by atoms with Gasteiger partial charge in [-0.15, -0.1) is 11.3 Å². The highest BCUT2D eigenvalue weighted by molar-refractivity contribution is 7.09. The molecule has 2 aromatic rings. The summed E-state index contributed by atoms with van der Waals surface area (Å²) in [7, 11) is 0. The molecule has 0 unspecified atom stereocenters. The number of hydrogen-bond acceptors (Lipinski definition) is 3. The van der Waals surface area contributed by atoms with Crippen LogP contribution in [-0.2, 0) is 6.54 Å². The van der Waals surface area contributed by atoms with Gasteiger partial charge in [-0.05, 0) is 44.4 Å². The molecule has 1 aromatic carbocycles. The van der Waals surface area contributed by atoms with E-state index < -0.39 is 5.97 Å². The SMILES string of the molecule is Cc1ccc(N(Cc2cccs2)C(C)C)c(C(=O)O)c1. The number of carbonyl (C=O) groups is 1. The van der Waals surface area contributed by atoms with Crippen LogP contribution in [0.3, 0.4) is 0 Å². The first kappa shape index (κ1) is 14.6. The van der Waals surface area contributed by atoms with Gasteiger partial charge in [0.1, 0.15) is 0 Å². The molecule has 1 N–H and O–H groups in total. The minimum atomic E-state index is -0.875. The molecule has 0 spiro atoms. The van der Waals surface area contributed by atoms with E-state index in [0.717, 1.165) is 17.8 Å². The molecule has 0 aliphatic rings. The first-order chi connectivity index (χ1) is 9.49. The van der Waals surface area contributed by atoms with E-state index >= 15 is 0 Å². The minimum Gasteiger partial charge on any atom is -0.478 e. The number of rotatable bonds is 5. The third-order valence-electron chi connectivity index (χ3n) is 3.22. The van der Waals surface area contributed by atoms with Gasteiger partial charge in [-0.25, -0.2) is 4.79 Å². The Morgan fingerprint density at radius 3 is 2.65 bits per heavy atom. The molecule has 0 fully saturated rings. The zero-order valence-corrected chi connectivity index (χ0v) is 12.8. The lowest BCUT2D eigenvalue weighted by Gasteiger charge is -2.30. The molecule has 0 amide bonds. The molecule has 4 heteroatoms. The van der Waals surface area contributed by atoms with Crippen LogP contribution in [0, 0.1) is 6.92 Å². The number of anilines is 1. The molecule has 0 saturated carbocycles. The van der Waals surface area contributed by atoms with Crippen LogP contribution in [0.5, 0.6) is 0 Å². The Balaban J connectivity index is 2.41. The summed E-state index contributed by atoms with van der Waals surface area (Å²) in [6.07, 6.45) is 0. The summed E-state index contributed by atoms with van der Waals surface area (Å²) in [5.41, 5.74) is 2.12. The molecule has 0 aliphatic heterocycles. The molecule has 2 rings (SSSR count). The molecule has 0 atom stereocenters. The Morgan fingerprint density at radius 2 is 2.10 bits per heavy atom. The summed E-state index contributed by atoms with van der Waals surface area (Å²) in [5.74, 6) is -0.875. The maximum absolute atomic E-state index is 11.5. The monoisotopic (exact) mass is 289 g/mol. The average molecular weight is 289 g/mol. The van der Waals surface area contributed by atoms with Crippen LogP contribution in [0.15, 0.2) is 35.7 Å². The molecule has 20 heavy (non-hydrogen) atoms. The number of carboxylic acids is 1. The van der Waals surface area contributed by atoms with Gasteiger partial charge in [0.2, 0.25) is 0 Å². The second-order valence-electron chi connectivity index (χ2n) is 5.13. The van der Waals surface area contributed by atoms with Crippen LogP contribution in [0.25, 0.3) is 0 Å². The molecule has 0 saturated heterocycles. The molecular formula is C16H19NO2S. The zero-order valence-electron chi connectivity index (χ0n) is 12.0. The van der Waals surface area contributed by atoms with Crippen LogP contribution >= 0.6 is 11.3 Å². The summed E-state index contributed by atoms with van der Waals surface area (Å²) >= 11 is 1.69. The van der Waals surface area contributed by atoms with Crippen molar-refractivity contribution in [1.29, 1.82) is 0 Å². The van der Waals surface area contributed by atoms with Gasteiger partial charge in [-0.1, -0.05) is 17.7 Å². The number of aromatic carboxylic acids is 1. The number of benzene rings is 1. The van der Waals surface area contributed by atoms with Crippen LogP contribution < -0.4 is 4.90 Å². The molecule has 1 aromatic heterocycles. The lowest BCUT2D eigenvalue weighted by molar-refractivity contribution is 0.0697. The number of carboxylic acid groups (broad SMARTS) is 1. The Hall–Kier alpha value is -1.81. The van der Waals surface area contributed by atoms with E-state index in [1.807, 2.05) is 30.5 Å². The van der Waals surface area contributed by atoms with Gasteiger partial charge in [0.05, 0.1) is 17.8 Å². The molecule has 0 radical (unpaired) electrons. The van der Waals surface area contributed by atoms with Crippen molar-refractivity contribution in [3.63, 3.8) is 0 Å². The third-order valence-corrected chi connectivity index (χ3v) is 4.08. The Morgan fingerprint density at radius 1 is 1.35 bits per heavy atom. The van der Waals surface area contributed by atoms with E-state index in [2.05, 4.69) is 24.8 Å². The Labute approximate surface area is 123 Å². The van der Waals surface area contributed by atoms with Crippen molar-refractivity contribution in [3.05, 3.63) is 51.7 Å². The highest BCUT2D eigenvalue weighted by Gasteiger charge is 2.19. The lowest BCUT2D eigenvalue weighted by Crippen LogP contribution is -2.31. The largest absolute Gasteiger partial charge is 0.478 e. The Kier molecular flexibility index (Phi) is 4.45. The van der Waals surface area contributed by atoms with E-state index in [1.54, 1.807) is 17.4 Å². The van der Waals surface area contributed by atoms with Crippen molar-refractivity contribution >= 4 is 23.0 Å². The van der Waals surface area contributed by atoms with E-state index in [-0.39, 0.29) is 6.04 Å². The first-order valence-electron chi connectivity index (χ1n) is 6.62. The van der Waals surface area contributed by atoms with E-state index in [1.165, 1.54) is 4.88 Å². The topological polar surface area (TPSA) is 40.5 Å². The highest BCUT2D eigenvalue weighted by atomic mass is 32.1. The normalized spacial score (nSPS) is 10.8. The molecule has 3 nitrogen and oxygen atoms in total. The van der Waals surface area contributed by atoms with Gasteiger partial charge in [-0.2, -0.15) is 0 Å². The summed E-state index contributed by atoms with van der Waals surface area (Å²) < 4.78 is 0. The predicted octanol–water partition coefficient (Wildman–Crippen LogP) is 4.17. The summed E-state index contributed by atoms with van der Waals surface area (Å²) in [6.45, 7) is 6.81. The van der Waals surface area contributed by atoms with Gasteiger partial charge in [0.15, 0.2) is 0 Å². The number of thiophene rings is 1. The zero-order chi connectivity index (χ0) is 14.7. The third kappa shape index (κ3) is 3.20. The maximum Gasteiger partial charge on any atom is 0.337 e. The second-order valence-corrected chi connectivity index (χ2v) is 6.16. The van der Waals surface area contributed by atoms with Crippen LogP contribution in [0.1, 0.15) is 34.6 Å². The molecule has 106 valence electrons. The predicted molar refractivity (Wildman–Crippen MR) is 83.8 cm³/mol. The second kappa shape index (κ2) is 6.09. The lowest BCUT2D eigenvalue weighted by atomic mass is 10.1. The van der Waals surface area contributed by atoms with Crippen molar-refractivity contribution in [2.75, 3.05) is 4.90 Å². The van der Waals surface area contributed by atoms with Gasteiger partial charge < -0.3 is 10.0 Å². The molecule has 1 heterocycles. The number of hydrogen-bond donors (Lipinski definition) is 1. The quantitative estimate of drug-likeness (QED) is 0.898. The van der Waals surface area contributed by atoms with Crippen molar-refractivity contribution in [2.45, 2.75) is 33.4 Å². The summed E-state index contributed by atoms with van der Waals surface area (Å²) in [6, 6.07) is 9.94. The first-order valence-corrected chi connectivity index (χ1v) is 7.50. The highest BCUT2D eigenvalue weighted by Crippen LogP contribution is 2.27. The fourth-order valence-electron chi connectivity index (χ4n) is 2.19. The smallest absolute Gasteiger partial charge is 0.337 e. The van der Waals surface area contributed by atoms with Crippen LogP contribution in [0.4, 0.5) is 5.69 Å². The van der Waals surface area contributed by atoms with E-state index in [0.29, 0.717) is 5.56 Å². The molecular weight excluding hydrogens is 270 g/mol. The maximum atomic E-state index is 11.5. The van der Waals surface area contributed by atoms with Gasteiger partial charge >= 0.3 is 5.97 Å². The van der Waals surface area contributed by atoms with Crippen LogP contribution in [-0.4, -0.2) is 17.1 Å². The van der Waals surface area contributed by atoms with Crippen molar-refractivity contribution in [3.8, 4) is 0 Å². The standard InChI is InChI=1S/C16H19NO2S/c1-11(2)17(10-13-5-4-8-20-13)15-7-6-12(3)9-14(15)16(18)19/h4-9,11H,10H2,1-3H3,(H,18,19). The average Bonchev–Trinajstić information content (AvgIpc) is 2.89. The molecule has 0 bridgehead atoms.